The fourth-order valence-corrected chi connectivity index (χ4v) is 2.55. The summed E-state index contributed by atoms with van der Waals surface area (Å²) in [6, 6.07) is 11.2. The van der Waals surface area contributed by atoms with E-state index in [0.29, 0.717) is 10.6 Å². The molecule has 0 unspecified atom stereocenters. The number of methoxy groups -OCH3 is 1. The molecular formula is C14H11NO5S. The number of hydrogen-bond donors (Lipinski definition) is 1. The highest BCUT2D eigenvalue weighted by Gasteiger charge is 2.20. The van der Waals surface area contributed by atoms with Crippen molar-refractivity contribution in [1.82, 2.24) is 0 Å². The van der Waals surface area contributed by atoms with E-state index in [4.69, 9.17) is 9.84 Å². The SMILES string of the molecule is COc1ccc(Sc2ccc([N+](=O)[O-])c(C(=O)O)c2)cc1. The first-order valence-electron chi connectivity index (χ1n) is 5.85. The summed E-state index contributed by atoms with van der Waals surface area (Å²) in [6.45, 7) is 0. The Morgan fingerprint density at radius 3 is 2.33 bits per heavy atom. The highest BCUT2D eigenvalue weighted by molar-refractivity contribution is 7.99. The molecule has 0 amide bonds. The van der Waals surface area contributed by atoms with Crippen LogP contribution in [0.2, 0.25) is 0 Å². The molecule has 0 aliphatic rings. The normalized spacial score (nSPS) is 10.1. The van der Waals surface area contributed by atoms with Gasteiger partial charge in [-0.25, -0.2) is 4.79 Å². The van der Waals surface area contributed by atoms with Crippen LogP contribution in [-0.2, 0) is 0 Å². The number of ether oxygens (including phenoxy) is 1. The van der Waals surface area contributed by atoms with Crippen molar-refractivity contribution < 1.29 is 19.6 Å². The van der Waals surface area contributed by atoms with Gasteiger partial charge in [-0.05, 0) is 36.4 Å². The predicted molar refractivity (Wildman–Crippen MR) is 77.2 cm³/mol. The van der Waals surface area contributed by atoms with E-state index in [0.717, 1.165) is 4.90 Å². The van der Waals surface area contributed by atoms with Crippen LogP contribution < -0.4 is 4.74 Å². The molecule has 0 spiro atoms. The van der Waals surface area contributed by atoms with Crippen LogP contribution in [0, 0.1) is 10.1 Å². The van der Waals surface area contributed by atoms with Gasteiger partial charge in [-0.15, -0.1) is 0 Å². The number of aromatic carboxylic acids is 1. The van der Waals surface area contributed by atoms with E-state index in [-0.39, 0.29) is 5.56 Å². The van der Waals surface area contributed by atoms with Crippen LogP contribution in [0.4, 0.5) is 5.69 Å². The second-order valence-electron chi connectivity index (χ2n) is 4.02. The summed E-state index contributed by atoms with van der Waals surface area (Å²) < 4.78 is 5.05. The maximum atomic E-state index is 11.1. The number of benzene rings is 2. The van der Waals surface area contributed by atoms with Crippen molar-refractivity contribution in [3.05, 3.63) is 58.1 Å². The molecule has 2 rings (SSSR count). The third-order valence-electron chi connectivity index (χ3n) is 2.69. The maximum absolute atomic E-state index is 11.1. The maximum Gasteiger partial charge on any atom is 0.342 e. The van der Waals surface area contributed by atoms with E-state index in [1.54, 1.807) is 19.2 Å². The van der Waals surface area contributed by atoms with Gasteiger partial charge in [0.2, 0.25) is 0 Å². The molecule has 0 fully saturated rings. The van der Waals surface area contributed by atoms with Crippen molar-refractivity contribution in [3.8, 4) is 5.75 Å². The first-order chi connectivity index (χ1) is 10.0. The number of carboxylic acid groups (broad SMARTS) is 1. The fourth-order valence-electron chi connectivity index (χ4n) is 1.69. The van der Waals surface area contributed by atoms with Crippen molar-refractivity contribution in [1.29, 1.82) is 0 Å². The Labute approximate surface area is 124 Å². The number of rotatable bonds is 5. The van der Waals surface area contributed by atoms with Gasteiger partial charge in [0.25, 0.3) is 5.69 Å². The summed E-state index contributed by atoms with van der Waals surface area (Å²) in [4.78, 5) is 22.7. The van der Waals surface area contributed by atoms with E-state index >= 15 is 0 Å². The van der Waals surface area contributed by atoms with Crippen LogP contribution in [0.25, 0.3) is 0 Å². The van der Waals surface area contributed by atoms with Crippen molar-refractivity contribution in [2.45, 2.75) is 9.79 Å². The molecule has 6 nitrogen and oxygen atoms in total. The second kappa shape index (κ2) is 6.27. The Morgan fingerprint density at radius 1 is 1.19 bits per heavy atom. The molecule has 108 valence electrons. The summed E-state index contributed by atoms with van der Waals surface area (Å²) in [5.74, 6) is -0.604. The molecule has 0 saturated carbocycles. The van der Waals surface area contributed by atoms with Gasteiger partial charge in [-0.3, -0.25) is 10.1 Å². The predicted octanol–water partition coefficient (Wildman–Crippen LogP) is 3.45. The Bertz CT molecular complexity index is 684. The lowest BCUT2D eigenvalue weighted by molar-refractivity contribution is -0.385. The van der Waals surface area contributed by atoms with Crippen LogP contribution in [0.5, 0.6) is 5.75 Å². The summed E-state index contributed by atoms with van der Waals surface area (Å²) in [7, 11) is 1.57. The number of nitrogens with zero attached hydrogens (tertiary/aromatic N) is 1. The zero-order valence-electron chi connectivity index (χ0n) is 11.0. The highest BCUT2D eigenvalue weighted by atomic mass is 32.2. The Hall–Kier alpha value is -2.54. The van der Waals surface area contributed by atoms with Gasteiger partial charge in [0.15, 0.2) is 0 Å². The summed E-state index contributed by atoms with van der Waals surface area (Å²) in [5, 5.41) is 19.8. The molecule has 7 heteroatoms. The average molecular weight is 305 g/mol. The average Bonchev–Trinajstić information content (AvgIpc) is 2.47. The number of carboxylic acids is 1. The van der Waals surface area contributed by atoms with Gasteiger partial charge in [0, 0.05) is 15.9 Å². The molecule has 2 aromatic rings. The van der Waals surface area contributed by atoms with Gasteiger partial charge in [-0.2, -0.15) is 0 Å². The molecule has 0 aliphatic carbocycles. The Morgan fingerprint density at radius 2 is 1.81 bits per heavy atom. The quantitative estimate of drug-likeness (QED) is 0.672. The minimum Gasteiger partial charge on any atom is -0.497 e. The minimum atomic E-state index is -1.32. The van der Waals surface area contributed by atoms with E-state index in [9.17, 15) is 14.9 Å². The van der Waals surface area contributed by atoms with Gasteiger partial charge in [-0.1, -0.05) is 11.8 Å². The van der Waals surface area contributed by atoms with E-state index < -0.39 is 16.6 Å². The number of hydrogen-bond acceptors (Lipinski definition) is 5. The Balaban J connectivity index is 2.29. The largest absolute Gasteiger partial charge is 0.497 e. The van der Waals surface area contributed by atoms with Gasteiger partial charge >= 0.3 is 5.97 Å². The van der Waals surface area contributed by atoms with E-state index in [1.807, 2.05) is 12.1 Å². The molecule has 2 aromatic carbocycles. The van der Waals surface area contributed by atoms with Crippen LogP contribution in [0.15, 0.2) is 52.3 Å². The number of nitro benzene ring substituents is 1. The number of nitro groups is 1. The Kier molecular flexibility index (Phi) is 4.44. The van der Waals surface area contributed by atoms with Gasteiger partial charge in [0.1, 0.15) is 11.3 Å². The van der Waals surface area contributed by atoms with Crippen molar-refractivity contribution in [2.75, 3.05) is 7.11 Å². The third kappa shape index (κ3) is 3.51. The second-order valence-corrected chi connectivity index (χ2v) is 5.17. The molecule has 21 heavy (non-hydrogen) atoms. The van der Waals surface area contributed by atoms with Crippen LogP contribution in [-0.4, -0.2) is 23.1 Å². The lowest BCUT2D eigenvalue weighted by atomic mass is 10.2. The molecule has 0 radical (unpaired) electrons. The van der Waals surface area contributed by atoms with Gasteiger partial charge < -0.3 is 9.84 Å². The van der Waals surface area contributed by atoms with Crippen molar-refractivity contribution in [2.24, 2.45) is 0 Å². The van der Waals surface area contributed by atoms with E-state index in [1.165, 1.54) is 30.0 Å². The summed E-state index contributed by atoms with van der Waals surface area (Å²) in [5.41, 5.74) is -0.736. The first kappa shape index (κ1) is 14.9. The van der Waals surface area contributed by atoms with Crippen LogP contribution >= 0.6 is 11.8 Å². The van der Waals surface area contributed by atoms with Crippen molar-refractivity contribution in [3.63, 3.8) is 0 Å². The first-order valence-corrected chi connectivity index (χ1v) is 6.66. The van der Waals surface area contributed by atoms with Gasteiger partial charge in [0.05, 0.1) is 12.0 Å². The molecule has 0 heterocycles. The standard InChI is InChI=1S/C14H11NO5S/c1-20-9-2-4-10(5-3-9)21-11-6-7-13(15(18)19)12(8-11)14(16)17/h2-8H,1H3,(H,16,17). The molecule has 1 N–H and O–H groups in total. The zero-order valence-corrected chi connectivity index (χ0v) is 11.8. The molecule has 0 bridgehead atoms. The lowest BCUT2D eigenvalue weighted by Crippen LogP contribution is -2.02. The van der Waals surface area contributed by atoms with Crippen LogP contribution in [0.1, 0.15) is 10.4 Å². The fraction of sp³-hybridized carbons (Fsp3) is 0.0714. The molecule has 0 aromatic heterocycles. The molecule has 0 atom stereocenters. The molecular weight excluding hydrogens is 294 g/mol. The highest BCUT2D eigenvalue weighted by Crippen LogP contribution is 2.32. The number of carbonyl (C=O) groups is 1. The van der Waals surface area contributed by atoms with Crippen molar-refractivity contribution >= 4 is 23.4 Å². The topological polar surface area (TPSA) is 89.7 Å². The summed E-state index contributed by atoms with van der Waals surface area (Å²) >= 11 is 1.32. The lowest BCUT2D eigenvalue weighted by Gasteiger charge is -2.05. The molecule has 0 aliphatic heterocycles. The van der Waals surface area contributed by atoms with Crippen LogP contribution in [0.3, 0.4) is 0 Å². The summed E-state index contributed by atoms with van der Waals surface area (Å²) in [6.07, 6.45) is 0. The molecule has 0 saturated heterocycles. The third-order valence-corrected chi connectivity index (χ3v) is 3.69. The minimum absolute atomic E-state index is 0.321. The van der Waals surface area contributed by atoms with E-state index in [2.05, 4.69) is 0 Å². The zero-order chi connectivity index (χ0) is 15.4. The monoisotopic (exact) mass is 305 g/mol. The smallest absolute Gasteiger partial charge is 0.342 e.